The van der Waals surface area contributed by atoms with Gasteiger partial charge < -0.3 is 9.84 Å². The van der Waals surface area contributed by atoms with Gasteiger partial charge in [0.25, 0.3) is 0 Å². The molecule has 4 heteroatoms. The van der Waals surface area contributed by atoms with Gasteiger partial charge in [-0.25, -0.2) is 0 Å². The number of pyridine rings is 1. The fourth-order valence-corrected chi connectivity index (χ4v) is 2.26. The van der Waals surface area contributed by atoms with Crippen molar-refractivity contribution in [3.05, 3.63) is 29.1 Å². The zero-order valence-electron chi connectivity index (χ0n) is 11.1. The lowest BCUT2D eigenvalue weighted by atomic mass is 9.86. The second-order valence-electron chi connectivity index (χ2n) is 5.29. The second kappa shape index (κ2) is 4.69. The molecule has 0 aromatic carbocycles. The number of aromatic nitrogens is 1. The van der Waals surface area contributed by atoms with Gasteiger partial charge in [0.05, 0.1) is 11.6 Å². The van der Waals surface area contributed by atoms with Gasteiger partial charge in [0.1, 0.15) is 5.60 Å². The molecule has 1 aromatic heterocycles. The second-order valence-corrected chi connectivity index (χ2v) is 5.29. The molecule has 4 nitrogen and oxygen atoms in total. The molecular weight excluding hydrogens is 230 g/mol. The molecule has 1 heterocycles. The molecule has 1 N–H and O–H groups in total. The Labute approximate surface area is 107 Å². The fraction of sp³-hybridized carbons (Fsp3) is 0.571. The van der Waals surface area contributed by atoms with Crippen LogP contribution in [0.1, 0.15) is 37.2 Å². The highest BCUT2D eigenvalue weighted by atomic mass is 16.5. The summed E-state index contributed by atoms with van der Waals surface area (Å²) in [6, 6.07) is 3.93. The van der Waals surface area contributed by atoms with Gasteiger partial charge >= 0.3 is 5.97 Å². The van der Waals surface area contributed by atoms with Gasteiger partial charge in [0.2, 0.25) is 0 Å². The highest BCUT2D eigenvalue weighted by Crippen LogP contribution is 2.28. The van der Waals surface area contributed by atoms with E-state index in [-0.39, 0.29) is 5.92 Å². The largest absolute Gasteiger partial charge is 0.481 e. The smallest absolute Gasteiger partial charge is 0.306 e. The standard InChI is InChI=1S/C14H19NO3/c1-14(2,18-3)12-7-5-9-8-10(13(16)17)4-6-11(9)15-12/h5,7,10H,4,6,8H2,1-3H3,(H,16,17)/t10-/m0/s1. The summed E-state index contributed by atoms with van der Waals surface area (Å²) in [4.78, 5) is 15.6. The van der Waals surface area contributed by atoms with Crippen molar-refractivity contribution in [1.29, 1.82) is 0 Å². The molecule has 1 aromatic rings. The van der Waals surface area contributed by atoms with E-state index < -0.39 is 11.6 Å². The monoisotopic (exact) mass is 249 g/mol. The van der Waals surface area contributed by atoms with E-state index in [4.69, 9.17) is 9.84 Å². The molecular formula is C14H19NO3. The summed E-state index contributed by atoms with van der Waals surface area (Å²) in [5.74, 6) is -0.970. The molecule has 0 aliphatic heterocycles. The Morgan fingerprint density at radius 1 is 1.50 bits per heavy atom. The molecule has 0 radical (unpaired) electrons. The van der Waals surface area contributed by atoms with Crippen LogP contribution in [-0.2, 0) is 28.0 Å². The Balaban J connectivity index is 2.28. The molecule has 1 atom stereocenters. The van der Waals surface area contributed by atoms with Crippen molar-refractivity contribution >= 4 is 5.97 Å². The zero-order valence-corrected chi connectivity index (χ0v) is 11.1. The maximum atomic E-state index is 11.0. The van der Waals surface area contributed by atoms with Crippen LogP contribution in [0.25, 0.3) is 0 Å². The topological polar surface area (TPSA) is 59.4 Å². The molecule has 18 heavy (non-hydrogen) atoms. The summed E-state index contributed by atoms with van der Waals surface area (Å²) in [5.41, 5.74) is 2.58. The number of fused-ring (bicyclic) bond motifs is 1. The molecule has 1 aliphatic carbocycles. The lowest BCUT2D eigenvalue weighted by Crippen LogP contribution is -2.26. The van der Waals surface area contributed by atoms with Gasteiger partial charge in [-0.15, -0.1) is 0 Å². The minimum atomic E-state index is -0.707. The summed E-state index contributed by atoms with van der Waals surface area (Å²) in [6.45, 7) is 3.95. The molecule has 0 saturated carbocycles. The highest BCUT2D eigenvalue weighted by molar-refractivity contribution is 5.70. The van der Waals surface area contributed by atoms with Crippen LogP contribution in [0, 0.1) is 5.92 Å². The number of hydrogen-bond donors (Lipinski definition) is 1. The Morgan fingerprint density at radius 3 is 2.83 bits per heavy atom. The van der Waals surface area contributed by atoms with E-state index >= 15 is 0 Å². The van der Waals surface area contributed by atoms with Gasteiger partial charge in [-0.05, 0) is 44.7 Å². The summed E-state index contributed by atoms with van der Waals surface area (Å²) >= 11 is 0. The third kappa shape index (κ3) is 2.38. The number of hydrogen-bond acceptors (Lipinski definition) is 3. The predicted octanol–water partition coefficient (Wildman–Crippen LogP) is 2.15. The molecule has 0 unspecified atom stereocenters. The predicted molar refractivity (Wildman–Crippen MR) is 67.4 cm³/mol. The van der Waals surface area contributed by atoms with Gasteiger partial charge in [0, 0.05) is 12.8 Å². The summed E-state index contributed by atoms with van der Waals surface area (Å²) in [7, 11) is 1.67. The fourth-order valence-electron chi connectivity index (χ4n) is 2.26. The van der Waals surface area contributed by atoms with Crippen LogP contribution in [-0.4, -0.2) is 23.2 Å². The third-order valence-electron chi connectivity index (χ3n) is 3.74. The number of ether oxygens (including phenoxy) is 1. The third-order valence-corrected chi connectivity index (χ3v) is 3.74. The highest BCUT2D eigenvalue weighted by Gasteiger charge is 2.27. The number of nitrogens with zero attached hydrogens (tertiary/aromatic N) is 1. The Morgan fingerprint density at radius 2 is 2.22 bits per heavy atom. The van der Waals surface area contributed by atoms with E-state index in [2.05, 4.69) is 4.98 Å². The van der Waals surface area contributed by atoms with Crippen molar-refractivity contribution in [2.75, 3.05) is 7.11 Å². The van der Waals surface area contributed by atoms with Crippen molar-refractivity contribution in [2.45, 2.75) is 38.7 Å². The van der Waals surface area contributed by atoms with E-state index in [0.29, 0.717) is 12.8 Å². The SMILES string of the molecule is COC(C)(C)c1ccc2c(n1)CC[C@H](C(=O)O)C2. The molecule has 1 aliphatic rings. The van der Waals surface area contributed by atoms with Gasteiger partial charge in [-0.1, -0.05) is 6.07 Å². The van der Waals surface area contributed by atoms with Crippen LogP contribution in [0.4, 0.5) is 0 Å². The van der Waals surface area contributed by atoms with Crippen LogP contribution in [0.3, 0.4) is 0 Å². The molecule has 0 amide bonds. The lowest BCUT2D eigenvalue weighted by Gasteiger charge is -2.26. The van der Waals surface area contributed by atoms with Crippen LogP contribution in [0.5, 0.6) is 0 Å². The molecule has 0 saturated heterocycles. The molecule has 0 fully saturated rings. The summed E-state index contributed by atoms with van der Waals surface area (Å²) in [6.07, 6.45) is 2.00. The van der Waals surface area contributed by atoms with Gasteiger partial charge in [0.15, 0.2) is 0 Å². The number of carbonyl (C=O) groups is 1. The minimum absolute atomic E-state index is 0.263. The maximum absolute atomic E-state index is 11.0. The van der Waals surface area contributed by atoms with Crippen LogP contribution >= 0.6 is 0 Å². The van der Waals surface area contributed by atoms with Crippen LogP contribution < -0.4 is 0 Å². The van der Waals surface area contributed by atoms with Crippen molar-refractivity contribution < 1.29 is 14.6 Å². The van der Waals surface area contributed by atoms with E-state index in [1.807, 2.05) is 26.0 Å². The quantitative estimate of drug-likeness (QED) is 0.891. The minimum Gasteiger partial charge on any atom is -0.481 e. The zero-order chi connectivity index (χ0) is 13.3. The number of methoxy groups -OCH3 is 1. The normalized spacial score (nSPS) is 19.4. The van der Waals surface area contributed by atoms with E-state index in [1.54, 1.807) is 7.11 Å². The molecule has 0 bridgehead atoms. The molecule has 98 valence electrons. The number of aryl methyl sites for hydroxylation is 1. The van der Waals surface area contributed by atoms with Crippen molar-refractivity contribution in [3.63, 3.8) is 0 Å². The Bertz CT molecular complexity index is 468. The molecule has 2 rings (SSSR count). The Hall–Kier alpha value is -1.42. The maximum Gasteiger partial charge on any atom is 0.306 e. The van der Waals surface area contributed by atoms with Gasteiger partial charge in [-0.2, -0.15) is 0 Å². The average molecular weight is 249 g/mol. The van der Waals surface area contributed by atoms with Crippen molar-refractivity contribution in [1.82, 2.24) is 4.98 Å². The molecule has 0 spiro atoms. The van der Waals surface area contributed by atoms with Crippen molar-refractivity contribution in [2.24, 2.45) is 5.92 Å². The number of carboxylic acid groups (broad SMARTS) is 1. The number of aliphatic carboxylic acids is 1. The van der Waals surface area contributed by atoms with Crippen LogP contribution in [0.2, 0.25) is 0 Å². The number of rotatable bonds is 3. The summed E-state index contributed by atoms with van der Waals surface area (Å²) in [5, 5.41) is 9.05. The van der Waals surface area contributed by atoms with E-state index in [9.17, 15) is 4.79 Å². The summed E-state index contributed by atoms with van der Waals surface area (Å²) < 4.78 is 5.42. The lowest BCUT2D eigenvalue weighted by molar-refractivity contribution is -0.142. The average Bonchev–Trinajstić information content (AvgIpc) is 2.37. The first-order chi connectivity index (χ1) is 8.44. The van der Waals surface area contributed by atoms with Crippen LogP contribution in [0.15, 0.2) is 12.1 Å². The Kier molecular flexibility index (Phi) is 3.39. The first-order valence-corrected chi connectivity index (χ1v) is 6.21. The van der Waals surface area contributed by atoms with E-state index in [0.717, 1.165) is 23.4 Å². The first kappa shape index (κ1) is 13.0. The number of carboxylic acids is 1. The first-order valence-electron chi connectivity index (χ1n) is 6.21. The van der Waals surface area contributed by atoms with Crippen molar-refractivity contribution in [3.8, 4) is 0 Å². The van der Waals surface area contributed by atoms with Gasteiger partial charge in [-0.3, -0.25) is 9.78 Å². The van der Waals surface area contributed by atoms with E-state index in [1.165, 1.54) is 0 Å².